The van der Waals surface area contributed by atoms with Gasteiger partial charge in [-0.25, -0.2) is 0 Å². The van der Waals surface area contributed by atoms with Crippen molar-refractivity contribution >= 4 is 11.8 Å². The molecule has 0 saturated carbocycles. The summed E-state index contributed by atoms with van der Waals surface area (Å²) in [6.45, 7) is 0. The Morgan fingerprint density at radius 3 is 2.58 bits per heavy atom. The minimum absolute atomic E-state index is 0.734. The highest BCUT2D eigenvalue weighted by atomic mass is 32.2. The summed E-state index contributed by atoms with van der Waals surface area (Å²) >= 11 is 1.65. The molecule has 3 rings (SSSR count). The van der Waals surface area contributed by atoms with Crippen LogP contribution in [0.2, 0.25) is 0 Å². The van der Waals surface area contributed by atoms with E-state index < -0.39 is 0 Å². The molecule has 0 unspecified atom stereocenters. The van der Waals surface area contributed by atoms with Crippen LogP contribution in [0.25, 0.3) is 11.5 Å². The maximum absolute atomic E-state index is 5.27. The quantitative estimate of drug-likeness (QED) is 0.679. The van der Waals surface area contributed by atoms with E-state index in [9.17, 15) is 0 Å². The van der Waals surface area contributed by atoms with Gasteiger partial charge in [-0.05, 0) is 42.0 Å². The molecule has 19 heavy (non-hydrogen) atoms. The first-order chi connectivity index (χ1) is 9.42. The lowest BCUT2D eigenvalue weighted by molar-refractivity contribution is 0.578. The predicted molar refractivity (Wildman–Crippen MR) is 73.5 cm³/mol. The van der Waals surface area contributed by atoms with Gasteiger partial charge in [0.05, 0.1) is 6.26 Å². The monoisotopic (exact) mass is 269 g/mol. The second-order valence-electron chi connectivity index (χ2n) is 3.88. The second-order valence-corrected chi connectivity index (χ2v) is 4.87. The molecule has 3 heterocycles. The third-order valence-electron chi connectivity index (χ3n) is 2.55. The van der Waals surface area contributed by atoms with Crippen molar-refractivity contribution in [2.24, 2.45) is 0 Å². The van der Waals surface area contributed by atoms with Crippen LogP contribution in [-0.2, 0) is 5.75 Å². The van der Waals surface area contributed by atoms with Crippen molar-refractivity contribution in [3.8, 4) is 11.5 Å². The smallest absolute Gasteiger partial charge is 0.154 e. The van der Waals surface area contributed by atoms with Gasteiger partial charge in [0.15, 0.2) is 5.76 Å². The van der Waals surface area contributed by atoms with Gasteiger partial charge in [-0.1, -0.05) is 11.8 Å². The van der Waals surface area contributed by atoms with Crippen LogP contribution in [0.15, 0.2) is 64.5 Å². The van der Waals surface area contributed by atoms with Crippen LogP contribution in [0.5, 0.6) is 0 Å². The van der Waals surface area contributed by atoms with Crippen LogP contribution in [0, 0.1) is 0 Å². The Kier molecular flexibility index (Phi) is 3.56. The fourth-order valence-corrected chi connectivity index (χ4v) is 2.36. The lowest BCUT2D eigenvalue weighted by Crippen LogP contribution is -1.89. The molecule has 94 valence electrons. The first-order valence-corrected chi connectivity index (χ1v) is 6.80. The van der Waals surface area contributed by atoms with Gasteiger partial charge in [0.2, 0.25) is 0 Å². The van der Waals surface area contributed by atoms with E-state index in [0.717, 1.165) is 22.2 Å². The van der Waals surface area contributed by atoms with E-state index in [2.05, 4.69) is 15.2 Å². The van der Waals surface area contributed by atoms with Gasteiger partial charge in [-0.3, -0.25) is 4.98 Å². The van der Waals surface area contributed by atoms with Crippen LogP contribution < -0.4 is 0 Å². The maximum atomic E-state index is 5.27. The molecule has 0 fully saturated rings. The van der Waals surface area contributed by atoms with Crippen molar-refractivity contribution in [3.05, 3.63) is 60.6 Å². The van der Waals surface area contributed by atoms with Gasteiger partial charge in [0, 0.05) is 18.1 Å². The summed E-state index contributed by atoms with van der Waals surface area (Å²) in [5, 5.41) is 9.24. The van der Waals surface area contributed by atoms with Crippen molar-refractivity contribution < 1.29 is 4.42 Å². The first kappa shape index (κ1) is 11.9. The number of nitrogens with zero attached hydrogens (tertiary/aromatic N) is 3. The largest absolute Gasteiger partial charge is 0.463 e. The molecule has 0 atom stereocenters. The summed E-state index contributed by atoms with van der Waals surface area (Å²) in [7, 11) is 0. The first-order valence-electron chi connectivity index (χ1n) is 5.81. The number of aromatic nitrogens is 3. The van der Waals surface area contributed by atoms with Crippen LogP contribution in [0.4, 0.5) is 0 Å². The Balaban J connectivity index is 1.67. The number of hydrogen-bond donors (Lipinski definition) is 0. The van der Waals surface area contributed by atoms with Crippen LogP contribution >= 0.6 is 11.8 Å². The summed E-state index contributed by atoms with van der Waals surface area (Å²) < 4.78 is 5.27. The molecule has 0 aliphatic carbocycles. The number of rotatable bonds is 4. The Morgan fingerprint density at radius 1 is 1.00 bits per heavy atom. The topological polar surface area (TPSA) is 51.8 Å². The van der Waals surface area contributed by atoms with Gasteiger partial charge < -0.3 is 4.42 Å². The van der Waals surface area contributed by atoms with E-state index in [1.54, 1.807) is 30.4 Å². The third-order valence-corrected chi connectivity index (χ3v) is 3.54. The lowest BCUT2D eigenvalue weighted by Gasteiger charge is -2.01. The second kappa shape index (κ2) is 5.67. The van der Waals surface area contributed by atoms with Crippen LogP contribution in [0.1, 0.15) is 5.56 Å². The molecular formula is C14H11N3OS. The average Bonchev–Trinajstić information content (AvgIpc) is 3.01. The standard InChI is InChI=1S/C14H11N3OS/c1-2-13(18-9-1)12-3-4-14(17-16-12)19-10-11-5-7-15-8-6-11/h1-9H,10H2. The highest BCUT2D eigenvalue weighted by molar-refractivity contribution is 7.98. The molecule has 0 saturated heterocycles. The molecule has 4 nitrogen and oxygen atoms in total. The van der Waals surface area contributed by atoms with E-state index in [4.69, 9.17) is 4.42 Å². The summed E-state index contributed by atoms with van der Waals surface area (Å²) in [5.41, 5.74) is 1.97. The molecule has 0 amide bonds. The SMILES string of the molecule is c1coc(-c2ccc(SCc3ccncc3)nn2)c1. The Hall–Kier alpha value is -2.14. The van der Waals surface area contributed by atoms with Crippen molar-refractivity contribution in [3.63, 3.8) is 0 Å². The van der Waals surface area contributed by atoms with Gasteiger partial charge >= 0.3 is 0 Å². The highest BCUT2D eigenvalue weighted by Gasteiger charge is 2.04. The lowest BCUT2D eigenvalue weighted by atomic mass is 10.3. The molecule has 0 N–H and O–H groups in total. The third kappa shape index (κ3) is 3.00. The van der Waals surface area contributed by atoms with Gasteiger partial charge in [-0.15, -0.1) is 10.2 Å². The van der Waals surface area contributed by atoms with Crippen molar-refractivity contribution in [1.29, 1.82) is 0 Å². The zero-order valence-electron chi connectivity index (χ0n) is 10.1. The fraction of sp³-hybridized carbons (Fsp3) is 0.0714. The van der Waals surface area contributed by atoms with Gasteiger partial charge in [-0.2, -0.15) is 0 Å². The fourth-order valence-electron chi connectivity index (χ4n) is 1.59. The van der Waals surface area contributed by atoms with Gasteiger partial charge in [0.1, 0.15) is 10.7 Å². The summed E-state index contributed by atoms with van der Waals surface area (Å²) in [4.78, 5) is 3.99. The molecule has 3 aromatic rings. The zero-order chi connectivity index (χ0) is 12.9. The molecule has 0 radical (unpaired) electrons. The summed E-state index contributed by atoms with van der Waals surface area (Å²) in [6.07, 6.45) is 5.21. The van der Waals surface area contributed by atoms with Crippen molar-refractivity contribution in [1.82, 2.24) is 15.2 Å². The van der Waals surface area contributed by atoms with E-state index in [-0.39, 0.29) is 0 Å². The van der Waals surface area contributed by atoms with E-state index in [1.807, 2.05) is 36.4 Å². The zero-order valence-corrected chi connectivity index (χ0v) is 10.9. The Morgan fingerprint density at radius 2 is 1.89 bits per heavy atom. The maximum Gasteiger partial charge on any atom is 0.154 e. The number of thioether (sulfide) groups is 1. The number of pyridine rings is 1. The normalized spacial score (nSPS) is 10.5. The molecule has 5 heteroatoms. The van der Waals surface area contributed by atoms with Crippen LogP contribution in [0.3, 0.4) is 0 Å². The number of furan rings is 1. The number of hydrogen-bond acceptors (Lipinski definition) is 5. The van der Waals surface area contributed by atoms with Crippen LogP contribution in [-0.4, -0.2) is 15.2 Å². The minimum atomic E-state index is 0.734. The van der Waals surface area contributed by atoms with Gasteiger partial charge in [0.25, 0.3) is 0 Å². The average molecular weight is 269 g/mol. The highest BCUT2D eigenvalue weighted by Crippen LogP contribution is 2.22. The molecule has 3 aromatic heterocycles. The van der Waals surface area contributed by atoms with E-state index >= 15 is 0 Å². The molecule has 0 aromatic carbocycles. The van der Waals surface area contributed by atoms with E-state index in [0.29, 0.717) is 0 Å². The molecular weight excluding hydrogens is 258 g/mol. The van der Waals surface area contributed by atoms with Crippen molar-refractivity contribution in [2.75, 3.05) is 0 Å². The van der Waals surface area contributed by atoms with E-state index in [1.165, 1.54) is 5.56 Å². The Labute approximate surface area is 114 Å². The molecule has 0 aliphatic rings. The Bertz CT molecular complexity index is 624. The predicted octanol–water partition coefficient (Wildman–Crippen LogP) is 3.42. The summed E-state index contributed by atoms with van der Waals surface area (Å²) in [5.74, 6) is 1.59. The molecule has 0 bridgehead atoms. The van der Waals surface area contributed by atoms with Crippen molar-refractivity contribution in [2.45, 2.75) is 10.8 Å². The minimum Gasteiger partial charge on any atom is -0.463 e. The molecule has 0 aliphatic heterocycles. The summed E-state index contributed by atoms with van der Waals surface area (Å²) in [6, 6.07) is 11.6. The molecule has 0 spiro atoms.